The standard InChI is InChI=1S/C10H9BrClF2NO3S/c1-3-15(2)10(16)7-6(13)4-5(11)9(8(7)14)19(12,17)18/h4H,3H2,1-2H3. The monoisotopic (exact) mass is 375 g/mol. The third-order valence-electron chi connectivity index (χ3n) is 2.41. The number of carbonyl (C=O) groups is 1. The molecule has 19 heavy (non-hydrogen) atoms. The summed E-state index contributed by atoms with van der Waals surface area (Å²) < 4.78 is 49.8. The van der Waals surface area contributed by atoms with E-state index in [1.165, 1.54) is 7.05 Å². The van der Waals surface area contributed by atoms with Gasteiger partial charge in [-0.15, -0.1) is 0 Å². The van der Waals surface area contributed by atoms with Crippen molar-refractivity contribution in [2.45, 2.75) is 11.8 Å². The lowest BCUT2D eigenvalue weighted by atomic mass is 10.1. The van der Waals surface area contributed by atoms with Gasteiger partial charge in [-0.25, -0.2) is 17.2 Å². The minimum absolute atomic E-state index is 0.205. The first-order valence-corrected chi connectivity index (χ1v) is 8.09. The predicted molar refractivity (Wildman–Crippen MR) is 69.7 cm³/mol. The van der Waals surface area contributed by atoms with E-state index in [9.17, 15) is 22.0 Å². The van der Waals surface area contributed by atoms with Crippen molar-refractivity contribution in [2.24, 2.45) is 0 Å². The maximum Gasteiger partial charge on any atom is 0.265 e. The summed E-state index contributed by atoms with van der Waals surface area (Å²) in [6, 6.07) is 0.690. The highest BCUT2D eigenvalue weighted by Gasteiger charge is 2.30. The van der Waals surface area contributed by atoms with Crippen molar-refractivity contribution in [3.8, 4) is 0 Å². The smallest absolute Gasteiger partial charge is 0.265 e. The number of hydrogen-bond donors (Lipinski definition) is 0. The summed E-state index contributed by atoms with van der Waals surface area (Å²) in [5.74, 6) is -3.64. The minimum atomic E-state index is -4.46. The Kier molecular flexibility index (Phi) is 4.91. The van der Waals surface area contributed by atoms with E-state index >= 15 is 0 Å². The topological polar surface area (TPSA) is 54.5 Å². The molecular formula is C10H9BrClF2NO3S. The van der Waals surface area contributed by atoms with Crippen molar-refractivity contribution in [2.75, 3.05) is 13.6 Å². The summed E-state index contributed by atoms with van der Waals surface area (Å²) >= 11 is 2.70. The summed E-state index contributed by atoms with van der Waals surface area (Å²) in [6.07, 6.45) is 0. The Bertz CT molecular complexity index is 636. The normalized spacial score (nSPS) is 11.5. The second kappa shape index (κ2) is 5.72. The molecule has 0 unspecified atom stereocenters. The molecular weight excluding hydrogens is 368 g/mol. The molecule has 0 aromatic heterocycles. The highest BCUT2D eigenvalue weighted by molar-refractivity contribution is 9.10. The summed E-state index contributed by atoms with van der Waals surface area (Å²) in [5.41, 5.74) is -0.952. The van der Waals surface area contributed by atoms with E-state index in [2.05, 4.69) is 15.9 Å². The van der Waals surface area contributed by atoms with Gasteiger partial charge in [0.05, 0.1) is 0 Å². The third-order valence-corrected chi connectivity index (χ3v) is 4.64. The number of nitrogens with zero attached hydrogens (tertiary/aromatic N) is 1. The highest BCUT2D eigenvalue weighted by atomic mass is 79.9. The van der Waals surface area contributed by atoms with Crippen LogP contribution in [0.2, 0.25) is 0 Å². The molecule has 0 bridgehead atoms. The van der Waals surface area contributed by atoms with Gasteiger partial charge in [-0.2, -0.15) is 0 Å². The molecule has 0 atom stereocenters. The first-order valence-electron chi connectivity index (χ1n) is 4.98. The van der Waals surface area contributed by atoms with Crippen LogP contribution in [0, 0.1) is 11.6 Å². The van der Waals surface area contributed by atoms with Crippen LogP contribution in [0.25, 0.3) is 0 Å². The van der Waals surface area contributed by atoms with Gasteiger partial charge in [0, 0.05) is 28.7 Å². The molecule has 1 aromatic rings. The largest absolute Gasteiger partial charge is 0.342 e. The predicted octanol–water partition coefficient (Wildman–Crippen LogP) is 2.75. The molecule has 0 saturated heterocycles. The van der Waals surface area contributed by atoms with E-state index in [-0.39, 0.29) is 11.0 Å². The van der Waals surface area contributed by atoms with Crippen LogP contribution in [0.1, 0.15) is 17.3 Å². The van der Waals surface area contributed by atoms with Gasteiger partial charge in [-0.1, -0.05) is 0 Å². The molecule has 0 spiro atoms. The number of amides is 1. The Hall–Kier alpha value is -0.730. The van der Waals surface area contributed by atoms with Gasteiger partial charge < -0.3 is 4.90 Å². The van der Waals surface area contributed by atoms with E-state index in [1.807, 2.05) is 0 Å². The highest BCUT2D eigenvalue weighted by Crippen LogP contribution is 2.32. The molecule has 4 nitrogen and oxygen atoms in total. The lowest BCUT2D eigenvalue weighted by Crippen LogP contribution is -2.28. The number of benzene rings is 1. The molecule has 0 saturated carbocycles. The Balaban J connectivity index is 3.64. The molecule has 1 aromatic carbocycles. The fourth-order valence-electron chi connectivity index (χ4n) is 1.33. The average molecular weight is 377 g/mol. The van der Waals surface area contributed by atoms with Crippen LogP contribution in [-0.4, -0.2) is 32.8 Å². The van der Waals surface area contributed by atoms with E-state index in [1.54, 1.807) is 6.92 Å². The van der Waals surface area contributed by atoms with Gasteiger partial charge in [0.1, 0.15) is 16.3 Å². The Labute approximate surface area is 121 Å². The molecule has 106 valence electrons. The van der Waals surface area contributed by atoms with E-state index in [0.29, 0.717) is 6.07 Å². The van der Waals surface area contributed by atoms with Crippen molar-refractivity contribution in [1.29, 1.82) is 0 Å². The first-order chi connectivity index (χ1) is 8.61. The molecule has 0 aliphatic rings. The first kappa shape index (κ1) is 16.3. The number of hydrogen-bond acceptors (Lipinski definition) is 3. The maximum absolute atomic E-state index is 14.1. The molecule has 0 fully saturated rings. The van der Waals surface area contributed by atoms with Crippen molar-refractivity contribution in [1.82, 2.24) is 4.90 Å². The SMILES string of the molecule is CCN(C)C(=O)c1c(F)cc(Br)c(S(=O)(=O)Cl)c1F. The zero-order valence-electron chi connectivity index (χ0n) is 9.88. The van der Waals surface area contributed by atoms with Crippen LogP contribution >= 0.6 is 26.6 Å². The Morgan fingerprint density at radius 3 is 2.42 bits per heavy atom. The van der Waals surface area contributed by atoms with Crippen molar-refractivity contribution in [3.05, 3.63) is 27.7 Å². The maximum atomic E-state index is 14.1. The third kappa shape index (κ3) is 3.24. The Morgan fingerprint density at radius 1 is 1.47 bits per heavy atom. The van der Waals surface area contributed by atoms with Crippen LogP contribution in [0.3, 0.4) is 0 Å². The molecule has 1 amide bonds. The fourth-order valence-corrected chi connectivity index (χ4v) is 3.68. The molecule has 0 heterocycles. The number of carbonyl (C=O) groups excluding carboxylic acids is 1. The lowest BCUT2D eigenvalue weighted by molar-refractivity contribution is 0.0792. The van der Waals surface area contributed by atoms with Crippen LogP contribution in [0.5, 0.6) is 0 Å². The van der Waals surface area contributed by atoms with Gasteiger partial charge in [0.2, 0.25) is 0 Å². The second-order valence-corrected chi connectivity index (χ2v) is 6.97. The quantitative estimate of drug-likeness (QED) is 0.762. The molecule has 1 rings (SSSR count). The summed E-state index contributed by atoms with van der Waals surface area (Å²) in [5, 5.41) is 0. The minimum Gasteiger partial charge on any atom is -0.342 e. The van der Waals surface area contributed by atoms with Crippen LogP contribution in [-0.2, 0) is 9.05 Å². The zero-order valence-corrected chi connectivity index (χ0v) is 13.0. The molecule has 0 radical (unpaired) electrons. The van der Waals surface area contributed by atoms with Gasteiger partial charge in [0.15, 0.2) is 5.82 Å². The molecule has 0 N–H and O–H groups in total. The van der Waals surface area contributed by atoms with E-state index < -0.39 is 37.1 Å². The summed E-state index contributed by atoms with van der Waals surface area (Å²) in [7, 11) is 1.94. The average Bonchev–Trinajstić information content (AvgIpc) is 2.24. The molecule has 0 aliphatic heterocycles. The zero-order chi connectivity index (χ0) is 15.0. The van der Waals surface area contributed by atoms with Crippen molar-refractivity contribution >= 4 is 41.6 Å². The number of rotatable bonds is 3. The van der Waals surface area contributed by atoms with E-state index in [4.69, 9.17) is 10.7 Å². The second-order valence-electron chi connectivity index (χ2n) is 3.62. The van der Waals surface area contributed by atoms with Crippen LogP contribution in [0.15, 0.2) is 15.4 Å². The summed E-state index contributed by atoms with van der Waals surface area (Å²) in [4.78, 5) is 11.9. The van der Waals surface area contributed by atoms with Crippen molar-refractivity contribution < 1.29 is 22.0 Å². The van der Waals surface area contributed by atoms with Crippen LogP contribution < -0.4 is 0 Å². The van der Waals surface area contributed by atoms with Crippen LogP contribution in [0.4, 0.5) is 8.78 Å². The van der Waals surface area contributed by atoms with E-state index in [0.717, 1.165) is 4.90 Å². The van der Waals surface area contributed by atoms with Gasteiger partial charge in [-0.3, -0.25) is 4.79 Å². The fraction of sp³-hybridized carbons (Fsp3) is 0.300. The molecule has 0 aliphatic carbocycles. The Morgan fingerprint density at radius 2 is 2.00 bits per heavy atom. The van der Waals surface area contributed by atoms with Gasteiger partial charge in [-0.05, 0) is 28.9 Å². The summed E-state index contributed by atoms with van der Waals surface area (Å²) in [6.45, 7) is 1.81. The lowest BCUT2D eigenvalue weighted by Gasteiger charge is -2.16. The van der Waals surface area contributed by atoms with Gasteiger partial charge in [0.25, 0.3) is 15.0 Å². The number of halogens is 4. The van der Waals surface area contributed by atoms with Gasteiger partial charge >= 0.3 is 0 Å². The molecule has 9 heteroatoms. The van der Waals surface area contributed by atoms with Crippen molar-refractivity contribution in [3.63, 3.8) is 0 Å².